The third-order valence-corrected chi connectivity index (χ3v) is 7.54. The highest BCUT2D eigenvalue weighted by atomic mass is 16.5. The third-order valence-electron chi connectivity index (χ3n) is 7.54. The number of fused-ring (bicyclic) bond motifs is 3. The van der Waals surface area contributed by atoms with Gasteiger partial charge in [-0.2, -0.15) is 5.26 Å². The number of aromatic nitrogens is 3. The van der Waals surface area contributed by atoms with Crippen LogP contribution in [0.15, 0.2) is 24.4 Å². The molecule has 1 unspecified atom stereocenters. The number of amides is 1. The average Bonchev–Trinajstić information content (AvgIpc) is 3.56. The number of imidazole rings is 1. The van der Waals surface area contributed by atoms with Gasteiger partial charge in [-0.1, -0.05) is 0 Å². The van der Waals surface area contributed by atoms with Crippen molar-refractivity contribution in [2.45, 2.75) is 63.5 Å². The highest BCUT2D eigenvalue weighted by Crippen LogP contribution is 2.39. The van der Waals surface area contributed by atoms with Crippen LogP contribution in [-0.4, -0.2) is 51.1 Å². The number of carbonyl (C=O) groups is 1. The number of nitrogens with zero attached hydrogens (tertiary/aromatic N) is 5. The Morgan fingerprint density at radius 1 is 1.21 bits per heavy atom. The molecule has 7 heteroatoms. The van der Waals surface area contributed by atoms with Crippen LogP contribution in [-0.2, 0) is 9.53 Å². The molecule has 170 valence electrons. The van der Waals surface area contributed by atoms with Crippen molar-refractivity contribution >= 4 is 27.8 Å². The molecule has 2 aliphatic heterocycles. The average molecular weight is 444 g/mol. The van der Waals surface area contributed by atoms with Crippen molar-refractivity contribution in [2.75, 3.05) is 19.7 Å². The van der Waals surface area contributed by atoms with Crippen LogP contribution in [0.1, 0.15) is 68.8 Å². The van der Waals surface area contributed by atoms with Gasteiger partial charge in [0.05, 0.1) is 35.0 Å². The first kappa shape index (κ1) is 20.6. The van der Waals surface area contributed by atoms with Gasteiger partial charge in [-0.15, -0.1) is 0 Å². The molecular weight excluding hydrogens is 414 g/mol. The molecule has 3 aliphatic rings. The lowest BCUT2D eigenvalue weighted by molar-refractivity contribution is -0.134. The minimum atomic E-state index is 0.191. The number of ether oxygens (including phenoxy) is 1. The predicted molar refractivity (Wildman–Crippen MR) is 125 cm³/mol. The molecule has 33 heavy (non-hydrogen) atoms. The molecule has 3 aromatic rings. The Hall–Kier alpha value is -2.98. The van der Waals surface area contributed by atoms with E-state index in [1.807, 2.05) is 24.4 Å². The van der Waals surface area contributed by atoms with Crippen LogP contribution in [0.5, 0.6) is 0 Å². The SMILES string of the molecule is C[C@@H]1C[C@H](n2c(C3CCC(=O)N(CC4CC4)C3)nc3cnc4ccc(C#N)cc4c32)CCO1. The van der Waals surface area contributed by atoms with Crippen molar-refractivity contribution in [3.63, 3.8) is 0 Å². The van der Waals surface area contributed by atoms with Crippen LogP contribution in [0.4, 0.5) is 0 Å². The third kappa shape index (κ3) is 3.76. The van der Waals surface area contributed by atoms with Gasteiger partial charge in [-0.05, 0) is 63.1 Å². The van der Waals surface area contributed by atoms with Crippen LogP contribution in [0.25, 0.3) is 21.9 Å². The van der Waals surface area contributed by atoms with Crippen LogP contribution < -0.4 is 0 Å². The first-order chi connectivity index (χ1) is 16.1. The molecular formula is C26H29N5O2. The molecule has 2 saturated heterocycles. The number of pyridine rings is 1. The summed E-state index contributed by atoms with van der Waals surface area (Å²) in [6.45, 7) is 4.50. The molecule has 0 radical (unpaired) electrons. The second-order valence-corrected chi connectivity index (χ2v) is 10.0. The van der Waals surface area contributed by atoms with Crippen molar-refractivity contribution in [3.05, 3.63) is 35.8 Å². The quantitative estimate of drug-likeness (QED) is 0.600. The van der Waals surface area contributed by atoms with Crippen LogP contribution >= 0.6 is 0 Å². The number of hydrogen-bond donors (Lipinski definition) is 0. The molecule has 7 nitrogen and oxygen atoms in total. The van der Waals surface area contributed by atoms with Gasteiger partial charge in [0.25, 0.3) is 0 Å². The number of benzene rings is 1. The van der Waals surface area contributed by atoms with Gasteiger partial charge in [0.1, 0.15) is 11.3 Å². The van der Waals surface area contributed by atoms with Crippen molar-refractivity contribution in [1.82, 2.24) is 19.4 Å². The van der Waals surface area contributed by atoms with E-state index >= 15 is 0 Å². The molecule has 0 bridgehead atoms. The van der Waals surface area contributed by atoms with Gasteiger partial charge in [0.2, 0.25) is 5.91 Å². The first-order valence-electron chi connectivity index (χ1n) is 12.2. The molecule has 2 aromatic heterocycles. The van der Waals surface area contributed by atoms with E-state index in [2.05, 4.69) is 27.4 Å². The summed E-state index contributed by atoms with van der Waals surface area (Å²) in [6.07, 6.45) is 7.81. The lowest BCUT2D eigenvalue weighted by atomic mass is 9.95. The standard InChI is InChI=1S/C26H29N5O2/c1-16-10-20(8-9-33-16)31-25-21-11-18(12-27)4-6-22(21)28-13-23(25)29-26(31)19-5-7-24(32)30(15-19)14-17-2-3-17/h4,6,11,13,16-17,19-20H,2-3,5,7-10,14-15H2,1H3/t16-,19?,20-/m1/s1. The minimum absolute atomic E-state index is 0.191. The second-order valence-electron chi connectivity index (χ2n) is 10.0. The molecule has 0 N–H and O–H groups in total. The lowest BCUT2D eigenvalue weighted by Crippen LogP contribution is -2.41. The molecule has 0 spiro atoms. The van der Waals surface area contributed by atoms with Crippen molar-refractivity contribution < 1.29 is 9.53 Å². The minimum Gasteiger partial charge on any atom is -0.378 e. The van der Waals surface area contributed by atoms with E-state index in [0.717, 1.165) is 66.7 Å². The Bertz CT molecular complexity index is 1270. The number of rotatable bonds is 4. The Morgan fingerprint density at radius 3 is 2.88 bits per heavy atom. The number of likely N-dealkylation sites (tertiary alicyclic amines) is 1. The molecule has 3 atom stereocenters. The van der Waals surface area contributed by atoms with Gasteiger partial charge in [0, 0.05) is 43.5 Å². The van der Waals surface area contributed by atoms with Crippen molar-refractivity contribution in [1.29, 1.82) is 5.26 Å². The normalized spacial score (nSPS) is 26.1. The van der Waals surface area contributed by atoms with E-state index in [1.54, 1.807) is 0 Å². The van der Waals surface area contributed by atoms with Gasteiger partial charge in [-0.3, -0.25) is 9.78 Å². The summed E-state index contributed by atoms with van der Waals surface area (Å²) in [7, 11) is 0. The fourth-order valence-corrected chi connectivity index (χ4v) is 5.65. The van der Waals surface area contributed by atoms with Crippen LogP contribution in [0.3, 0.4) is 0 Å². The fourth-order valence-electron chi connectivity index (χ4n) is 5.65. The summed E-state index contributed by atoms with van der Waals surface area (Å²) in [5.74, 6) is 2.24. The maximum Gasteiger partial charge on any atom is 0.222 e. The molecule has 4 heterocycles. The van der Waals surface area contributed by atoms with Crippen molar-refractivity contribution in [2.24, 2.45) is 5.92 Å². The molecule has 1 aliphatic carbocycles. The van der Waals surface area contributed by atoms with E-state index in [9.17, 15) is 10.1 Å². The Labute approximate surface area is 193 Å². The van der Waals surface area contributed by atoms with Crippen LogP contribution in [0, 0.1) is 17.2 Å². The molecule has 6 rings (SSSR count). The molecule has 1 saturated carbocycles. The molecule has 1 aromatic carbocycles. The number of hydrogen-bond acceptors (Lipinski definition) is 5. The Morgan fingerprint density at radius 2 is 2.09 bits per heavy atom. The zero-order valence-electron chi connectivity index (χ0n) is 19.0. The largest absolute Gasteiger partial charge is 0.378 e. The summed E-state index contributed by atoms with van der Waals surface area (Å²) in [5.41, 5.74) is 3.45. The Balaban J connectivity index is 1.50. The van der Waals surface area contributed by atoms with Crippen molar-refractivity contribution in [3.8, 4) is 6.07 Å². The van der Waals surface area contributed by atoms with Gasteiger partial charge >= 0.3 is 0 Å². The zero-order valence-corrected chi connectivity index (χ0v) is 19.0. The lowest BCUT2D eigenvalue weighted by Gasteiger charge is -2.35. The maximum absolute atomic E-state index is 12.6. The molecule has 3 fully saturated rings. The fraction of sp³-hybridized carbons (Fsp3) is 0.538. The first-order valence-corrected chi connectivity index (χ1v) is 12.2. The summed E-state index contributed by atoms with van der Waals surface area (Å²) in [4.78, 5) is 24.5. The smallest absolute Gasteiger partial charge is 0.222 e. The predicted octanol–water partition coefficient (Wildman–Crippen LogP) is 4.31. The van der Waals surface area contributed by atoms with E-state index in [1.165, 1.54) is 12.8 Å². The maximum atomic E-state index is 12.6. The second kappa shape index (κ2) is 8.11. The van der Waals surface area contributed by atoms with Gasteiger partial charge in [-0.25, -0.2) is 4.98 Å². The van der Waals surface area contributed by atoms with Crippen LogP contribution in [0.2, 0.25) is 0 Å². The highest BCUT2D eigenvalue weighted by molar-refractivity contribution is 6.03. The number of piperidine rings is 1. The topological polar surface area (TPSA) is 84.0 Å². The van der Waals surface area contributed by atoms with E-state index < -0.39 is 0 Å². The summed E-state index contributed by atoms with van der Waals surface area (Å²) in [5, 5.41) is 10.5. The van der Waals surface area contributed by atoms with Gasteiger partial charge in [0.15, 0.2) is 0 Å². The Kier molecular flexibility index (Phi) is 5.06. The summed E-state index contributed by atoms with van der Waals surface area (Å²) >= 11 is 0. The van der Waals surface area contributed by atoms with E-state index in [0.29, 0.717) is 17.9 Å². The highest BCUT2D eigenvalue weighted by Gasteiger charge is 2.35. The summed E-state index contributed by atoms with van der Waals surface area (Å²) in [6, 6.07) is 8.24. The zero-order chi connectivity index (χ0) is 22.5. The number of carbonyl (C=O) groups excluding carboxylic acids is 1. The van der Waals surface area contributed by atoms with Gasteiger partial charge < -0.3 is 14.2 Å². The summed E-state index contributed by atoms with van der Waals surface area (Å²) < 4.78 is 8.29. The molecule has 1 amide bonds. The van der Waals surface area contributed by atoms with E-state index in [4.69, 9.17) is 9.72 Å². The monoisotopic (exact) mass is 443 g/mol. The van der Waals surface area contributed by atoms with E-state index in [-0.39, 0.29) is 24.0 Å². The number of nitriles is 1.